The van der Waals surface area contributed by atoms with Gasteiger partial charge in [-0.05, 0) is 10.6 Å². The standard InChI is InChI=1S/C10H12N8O4/c11-7-4-8(14-2-13-7)18(10(15-4)16-17-12)9-6(21)5(20)3(1-19)22-9/h2-3,5-6,9,19-21H,1H2,(H2,11,13,14)/t3-,5?,6+,9-/m1/s1. The maximum Gasteiger partial charge on any atom is 0.201 e. The first-order valence-electron chi connectivity index (χ1n) is 6.24. The number of aromatic nitrogens is 4. The highest BCUT2D eigenvalue weighted by atomic mass is 16.6. The Hall–Kier alpha value is -2.50. The summed E-state index contributed by atoms with van der Waals surface area (Å²) in [7, 11) is 0. The molecular formula is C10H12N8O4. The van der Waals surface area contributed by atoms with Crippen molar-refractivity contribution >= 4 is 22.9 Å². The molecule has 0 bridgehead atoms. The summed E-state index contributed by atoms with van der Waals surface area (Å²) in [5, 5.41) is 32.5. The van der Waals surface area contributed by atoms with Crippen molar-refractivity contribution in [3.05, 3.63) is 16.8 Å². The van der Waals surface area contributed by atoms with Gasteiger partial charge in [0.25, 0.3) is 0 Å². The van der Waals surface area contributed by atoms with Gasteiger partial charge in [0, 0.05) is 4.91 Å². The van der Waals surface area contributed by atoms with Crippen LogP contribution < -0.4 is 5.73 Å². The average molecular weight is 308 g/mol. The lowest BCUT2D eigenvalue weighted by Gasteiger charge is -2.17. The second kappa shape index (κ2) is 5.36. The van der Waals surface area contributed by atoms with Gasteiger partial charge in [0.05, 0.1) is 6.61 Å². The van der Waals surface area contributed by atoms with Crippen LogP contribution in [-0.4, -0.2) is 59.8 Å². The Bertz CT molecular complexity index is 757. The summed E-state index contributed by atoms with van der Waals surface area (Å²) in [4.78, 5) is 14.4. The molecule has 2 aromatic heterocycles. The molecule has 3 heterocycles. The molecule has 1 fully saturated rings. The molecule has 12 heteroatoms. The van der Waals surface area contributed by atoms with E-state index in [0.29, 0.717) is 0 Å². The molecule has 12 nitrogen and oxygen atoms in total. The first kappa shape index (κ1) is 14.4. The monoisotopic (exact) mass is 308 g/mol. The lowest BCUT2D eigenvalue weighted by Crippen LogP contribution is -2.33. The van der Waals surface area contributed by atoms with Gasteiger partial charge in [-0.3, -0.25) is 4.57 Å². The van der Waals surface area contributed by atoms with E-state index in [1.807, 2.05) is 0 Å². The van der Waals surface area contributed by atoms with Gasteiger partial charge in [0.1, 0.15) is 24.6 Å². The first-order chi connectivity index (χ1) is 10.6. The number of ether oxygens (including phenoxy) is 1. The van der Waals surface area contributed by atoms with Gasteiger partial charge < -0.3 is 25.8 Å². The van der Waals surface area contributed by atoms with E-state index in [4.69, 9.17) is 21.1 Å². The van der Waals surface area contributed by atoms with Crippen LogP contribution in [0.1, 0.15) is 6.23 Å². The number of anilines is 1. The molecule has 1 saturated heterocycles. The van der Waals surface area contributed by atoms with Crippen LogP contribution in [0.15, 0.2) is 11.4 Å². The highest BCUT2D eigenvalue weighted by Gasteiger charge is 2.44. The largest absolute Gasteiger partial charge is 0.394 e. The zero-order chi connectivity index (χ0) is 15.9. The molecule has 2 aromatic rings. The lowest BCUT2D eigenvalue weighted by molar-refractivity contribution is -0.0502. The number of hydrogen-bond donors (Lipinski definition) is 4. The second-order valence-corrected chi connectivity index (χ2v) is 4.63. The molecule has 3 rings (SSSR count). The summed E-state index contributed by atoms with van der Waals surface area (Å²) in [6.07, 6.45) is -3.65. The number of rotatable bonds is 3. The molecule has 0 saturated carbocycles. The van der Waals surface area contributed by atoms with E-state index < -0.39 is 31.1 Å². The Kier molecular flexibility index (Phi) is 3.52. The number of aliphatic hydroxyl groups is 3. The minimum absolute atomic E-state index is 0.0601. The van der Waals surface area contributed by atoms with Crippen LogP contribution in [0.5, 0.6) is 0 Å². The molecule has 4 atom stereocenters. The maximum atomic E-state index is 10.1. The van der Waals surface area contributed by atoms with E-state index in [-0.39, 0.29) is 22.9 Å². The van der Waals surface area contributed by atoms with Gasteiger partial charge in [-0.25, -0.2) is 15.0 Å². The Balaban J connectivity index is 2.19. The van der Waals surface area contributed by atoms with E-state index in [9.17, 15) is 10.2 Å². The van der Waals surface area contributed by atoms with Gasteiger partial charge >= 0.3 is 0 Å². The zero-order valence-corrected chi connectivity index (χ0v) is 11.1. The first-order valence-corrected chi connectivity index (χ1v) is 6.24. The number of azide groups is 1. The molecular weight excluding hydrogens is 296 g/mol. The molecule has 116 valence electrons. The molecule has 0 amide bonds. The van der Waals surface area contributed by atoms with Gasteiger partial charge in [0.2, 0.25) is 5.95 Å². The van der Waals surface area contributed by atoms with Crippen molar-refractivity contribution in [2.24, 2.45) is 5.11 Å². The third kappa shape index (κ3) is 2.03. The van der Waals surface area contributed by atoms with Gasteiger partial charge in [-0.2, -0.15) is 0 Å². The molecule has 1 aliphatic heterocycles. The van der Waals surface area contributed by atoms with Crippen molar-refractivity contribution in [3.63, 3.8) is 0 Å². The molecule has 5 N–H and O–H groups in total. The Labute approximate surface area is 122 Å². The smallest absolute Gasteiger partial charge is 0.201 e. The minimum Gasteiger partial charge on any atom is -0.394 e. The van der Waals surface area contributed by atoms with Crippen LogP contribution in [0.3, 0.4) is 0 Å². The fraction of sp³-hybridized carbons (Fsp3) is 0.500. The predicted octanol–water partition coefficient (Wildman–Crippen LogP) is -1.04. The van der Waals surface area contributed by atoms with Gasteiger partial charge in [0.15, 0.2) is 23.2 Å². The van der Waals surface area contributed by atoms with E-state index >= 15 is 0 Å². The third-order valence-corrected chi connectivity index (χ3v) is 3.39. The van der Waals surface area contributed by atoms with Gasteiger partial charge in [-0.1, -0.05) is 0 Å². The van der Waals surface area contributed by atoms with Crippen molar-refractivity contribution < 1.29 is 20.1 Å². The summed E-state index contributed by atoms with van der Waals surface area (Å²) in [6.45, 7) is -0.491. The Morgan fingerprint density at radius 2 is 2.18 bits per heavy atom. The molecule has 1 unspecified atom stereocenters. The molecule has 0 radical (unpaired) electrons. The highest BCUT2D eigenvalue weighted by molar-refractivity contribution is 5.83. The van der Waals surface area contributed by atoms with E-state index in [0.717, 1.165) is 0 Å². The van der Waals surface area contributed by atoms with E-state index in [1.54, 1.807) is 0 Å². The summed E-state index contributed by atoms with van der Waals surface area (Å²) in [5.41, 5.74) is 14.7. The summed E-state index contributed by atoms with van der Waals surface area (Å²) in [6, 6.07) is 0. The molecule has 0 aliphatic carbocycles. The SMILES string of the molecule is [N-]=[N+]=Nc1nc2c(N)ncnc2n1[C@@H]1O[C@H](CO)C(O)[C@@H]1O. The fourth-order valence-electron chi connectivity index (χ4n) is 2.35. The van der Waals surface area contributed by atoms with Crippen LogP contribution in [0.4, 0.5) is 11.8 Å². The number of nitrogens with two attached hydrogens (primary N) is 1. The molecule has 0 spiro atoms. The summed E-state index contributed by atoms with van der Waals surface area (Å²) < 4.78 is 6.61. The zero-order valence-electron chi connectivity index (χ0n) is 11.1. The minimum atomic E-state index is -1.38. The average Bonchev–Trinajstić information content (AvgIpc) is 3.00. The normalized spacial score (nSPS) is 28.0. The molecule has 1 aliphatic rings. The summed E-state index contributed by atoms with van der Waals surface area (Å²) in [5.74, 6) is -0.0931. The molecule has 22 heavy (non-hydrogen) atoms. The fourth-order valence-corrected chi connectivity index (χ4v) is 2.35. The second-order valence-electron chi connectivity index (χ2n) is 4.63. The van der Waals surface area contributed by atoms with Crippen LogP contribution in [-0.2, 0) is 4.74 Å². The Morgan fingerprint density at radius 1 is 1.41 bits per heavy atom. The van der Waals surface area contributed by atoms with E-state index in [1.165, 1.54) is 10.9 Å². The van der Waals surface area contributed by atoms with Crippen molar-refractivity contribution in [2.75, 3.05) is 12.3 Å². The highest BCUT2D eigenvalue weighted by Crippen LogP contribution is 2.35. The maximum absolute atomic E-state index is 10.1. The Morgan fingerprint density at radius 3 is 2.82 bits per heavy atom. The predicted molar refractivity (Wildman–Crippen MR) is 71.6 cm³/mol. The number of imidazole rings is 1. The van der Waals surface area contributed by atoms with Crippen LogP contribution >= 0.6 is 0 Å². The van der Waals surface area contributed by atoms with Crippen LogP contribution in [0, 0.1) is 0 Å². The van der Waals surface area contributed by atoms with Crippen molar-refractivity contribution in [1.82, 2.24) is 19.5 Å². The van der Waals surface area contributed by atoms with Crippen molar-refractivity contribution in [2.45, 2.75) is 24.5 Å². The number of nitrogens with zero attached hydrogens (tertiary/aromatic N) is 7. The number of fused-ring (bicyclic) bond motifs is 1. The lowest BCUT2D eigenvalue weighted by atomic mass is 10.1. The topological polar surface area (TPSA) is 188 Å². The van der Waals surface area contributed by atoms with Crippen LogP contribution in [0.2, 0.25) is 0 Å². The number of nitrogen functional groups attached to an aromatic ring is 1. The van der Waals surface area contributed by atoms with Crippen molar-refractivity contribution in [3.8, 4) is 0 Å². The number of hydrogen-bond acceptors (Lipinski definition) is 9. The third-order valence-electron chi connectivity index (χ3n) is 3.39. The number of aliphatic hydroxyl groups excluding tert-OH is 3. The van der Waals surface area contributed by atoms with Gasteiger partial charge in [-0.15, -0.1) is 0 Å². The van der Waals surface area contributed by atoms with E-state index in [2.05, 4.69) is 25.0 Å². The summed E-state index contributed by atoms with van der Waals surface area (Å²) >= 11 is 0. The van der Waals surface area contributed by atoms with Crippen molar-refractivity contribution in [1.29, 1.82) is 0 Å². The quantitative estimate of drug-likeness (QED) is 0.314. The van der Waals surface area contributed by atoms with Crippen LogP contribution in [0.25, 0.3) is 21.6 Å². The molecule has 0 aromatic carbocycles.